The summed E-state index contributed by atoms with van der Waals surface area (Å²) in [6, 6.07) is 7.27. The summed E-state index contributed by atoms with van der Waals surface area (Å²) in [5, 5.41) is 5.41. The molecular weight excluding hydrogens is 468 g/mol. The molecule has 1 atom stereocenters. The van der Waals surface area contributed by atoms with Crippen LogP contribution >= 0.6 is 23.5 Å². The molecule has 0 radical (unpaired) electrons. The predicted molar refractivity (Wildman–Crippen MR) is 142 cm³/mol. The largest absolute Gasteiger partial charge is 0.356 e. The van der Waals surface area contributed by atoms with E-state index in [1.54, 1.807) is 12.1 Å². The van der Waals surface area contributed by atoms with E-state index < -0.39 is 0 Å². The Balaban J connectivity index is 1.71. The van der Waals surface area contributed by atoms with Gasteiger partial charge in [-0.2, -0.15) is 5.10 Å². The van der Waals surface area contributed by atoms with E-state index in [4.69, 9.17) is 21.7 Å². The van der Waals surface area contributed by atoms with Crippen molar-refractivity contribution in [2.24, 2.45) is 0 Å². The molecule has 9 heteroatoms. The molecule has 0 saturated carbocycles. The van der Waals surface area contributed by atoms with Gasteiger partial charge >= 0.3 is 0 Å². The van der Waals surface area contributed by atoms with Gasteiger partial charge < -0.3 is 14.5 Å². The standard InChI is InChI=1S/C25H33ClN6OS/c1-5-11-31(25(33)19-14-18(26)9-10-20(19)29-34-4)22(6-2)21-15-23-27-24(30-12-7-8-13-30)17(3)16-32(23)28-21/h9-10,14-16,22,29H,5-8,11-13H2,1-4H3/t22-/m0/s1. The third-order valence-electron chi connectivity index (χ3n) is 6.28. The highest BCUT2D eigenvalue weighted by atomic mass is 35.5. The van der Waals surface area contributed by atoms with Crippen molar-refractivity contribution in [2.75, 3.05) is 35.5 Å². The van der Waals surface area contributed by atoms with Gasteiger partial charge in [-0.05, 0) is 50.8 Å². The molecule has 1 aliphatic heterocycles. The lowest BCUT2D eigenvalue weighted by Gasteiger charge is -2.30. The lowest BCUT2D eigenvalue weighted by Crippen LogP contribution is -2.36. The third kappa shape index (κ3) is 4.98. The Bertz CT molecular complexity index is 1160. The van der Waals surface area contributed by atoms with Gasteiger partial charge in [-0.3, -0.25) is 4.79 Å². The molecule has 1 aliphatic rings. The molecule has 34 heavy (non-hydrogen) atoms. The Hall–Kier alpha value is -2.45. The van der Waals surface area contributed by atoms with Crippen LogP contribution in [0.15, 0.2) is 30.5 Å². The number of amides is 1. The number of nitrogens with one attached hydrogen (secondary N) is 1. The fraction of sp³-hybridized carbons (Fsp3) is 0.480. The molecule has 3 aromatic rings. The average Bonchev–Trinajstić information content (AvgIpc) is 3.49. The van der Waals surface area contributed by atoms with E-state index in [0.717, 1.165) is 54.3 Å². The van der Waals surface area contributed by atoms with Gasteiger partial charge in [0.1, 0.15) is 5.82 Å². The number of aryl methyl sites for hydroxylation is 1. The molecule has 0 unspecified atom stereocenters. The summed E-state index contributed by atoms with van der Waals surface area (Å²) in [6.45, 7) is 8.99. The van der Waals surface area contributed by atoms with Crippen LogP contribution in [0.1, 0.15) is 67.2 Å². The summed E-state index contributed by atoms with van der Waals surface area (Å²) in [6.07, 6.45) is 8.00. The fourth-order valence-electron chi connectivity index (χ4n) is 4.71. The minimum atomic E-state index is -0.161. The van der Waals surface area contributed by atoms with Crippen LogP contribution in [0.3, 0.4) is 0 Å². The zero-order chi connectivity index (χ0) is 24.2. The van der Waals surface area contributed by atoms with E-state index in [-0.39, 0.29) is 11.9 Å². The monoisotopic (exact) mass is 500 g/mol. The van der Waals surface area contributed by atoms with Gasteiger partial charge in [0.25, 0.3) is 5.91 Å². The summed E-state index contributed by atoms with van der Waals surface area (Å²) < 4.78 is 5.06. The van der Waals surface area contributed by atoms with Crippen LogP contribution < -0.4 is 9.62 Å². The number of rotatable bonds is 9. The highest BCUT2D eigenvalue weighted by Gasteiger charge is 2.28. The molecule has 4 rings (SSSR count). The molecule has 0 spiro atoms. The Kier molecular flexibility index (Phi) is 7.88. The Morgan fingerprint density at radius 1 is 1.26 bits per heavy atom. The second-order valence-electron chi connectivity index (χ2n) is 8.73. The zero-order valence-corrected chi connectivity index (χ0v) is 21.9. The van der Waals surface area contributed by atoms with Crippen molar-refractivity contribution >= 4 is 46.6 Å². The summed E-state index contributed by atoms with van der Waals surface area (Å²) in [5.41, 5.74) is 4.13. The first-order valence-electron chi connectivity index (χ1n) is 12.0. The van der Waals surface area contributed by atoms with Crippen LogP contribution in [0.4, 0.5) is 11.5 Å². The summed E-state index contributed by atoms with van der Waals surface area (Å²) >= 11 is 7.73. The van der Waals surface area contributed by atoms with E-state index in [1.807, 2.05) is 27.8 Å². The highest BCUT2D eigenvalue weighted by molar-refractivity contribution is 7.99. The lowest BCUT2D eigenvalue weighted by atomic mass is 10.1. The number of hydrogen-bond donors (Lipinski definition) is 1. The van der Waals surface area contributed by atoms with Gasteiger partial charge in [-0.15, -0.1) is 0 Å². The number of carbonyl (C=O) groups is 1. The fourth-order valence-corrected chi connectivity index (χ4v) is 5.28. The molecule has 1 N–H and O–H groups in total. The number of halogens is 1. The Morgan fingerprint density at radius 3 is 2.71 bits per heavy atom. The number of nitrogens with zero attached hydrogens (tertiary/aromatic N) is 5. The average molecular weight is 501 g/mol. The van der Waals surface area contributed by atoms with E-state index in [9.17, 15) is 4.79 Å². The number of carbonyl (C=O) groups excluding carboxylic acids is 1. The molecule has 1 saturated heterocycles. The molecule has 2 aromatic heterocycles. The first-order valence-corrected chi connectivity index (χ1v) is 13.6. The molecule has 1 amide bonds. The smallest absolute Gasteiger partial charge is 0.256 e. The number of fused-ring (bicyclic) bond motifs is 1. The molecule has 7 nitrogen and oxygen atoms in total. The summed E-state index contributed by atoms with van der Waals surface area (Å²) in [7, 11) is 0. The normalized spacial score (nSPS) is 14.6. The highest BCUT2D eigenvalue weighted by Crippen LogP contribution is 2.31. The number of benzene rings is 1. The first kappa shape index (κ1) is 24.7. The molecule has 1 aromatic carbocycles. The van der Waals surface area contributed by atoms with E-state index >= 15 is 0 Å². The van der Waals surface area contributed by atoms with Crippen molar-refractivity contribution in [3.05, 3.63) is 52.3 Å². The van der Waals surface area contributed by atoms with Crippen LogP contribution in [0.2, 0.25) is 5.02 Å². The van der Waals surface area contributed by atoms with E-state index in [0.29, 0.717) is 17.1 Å². The van der Waals surface area contributed by atoms with Crippen molar-refractivity contribution in [1.82, 2.24) is 19.5 Å². The number of hydrogen-bond acceptors (Lipinski definition) is 6. The maximum atomic E-state index is 13.8. The molecule has 1 fully saturated rings. The van der Waals surface area contributed by atoms with Crippen LogP contribution in [-0.2, 0) is 0 Å². The van der Waals surface area contributed by atoms with Crippen molar-refractivity contribution < 1.29 is 4.79 Å². The maximum Gasteiger partial charge on any atom is 0.256 e. The van der Waals surface area contributed by atoms with Gasteiger partial charge in [0.15, 0.2) is 5.65 Å². The molecule has 0 aliphatic carbocycles. The molecule has 0 bridgehead atoms. The third-order valence-corrected chi connectivity index (χ3v) is 6.94. The van der Waals surface area contributed by atoms with E-state index in [2.05, 4.69) is 36.6 Å². The lowest BCUT2D eigenvalue weighted by molar-refractivity contribution is 0.0667. The van der Waals surface area contributed by atoms with Gasteiger partial charge in [0.05, 0.1) is 23.0 Å². The van der Waals surface area contributed by atoms with Crippen molar-refractivity contribution in [3.63, 3.8) is 0 Å². The van der Waals surface area contributed by atoms with Gasteiger partial charge in [0, 0.05) is 48.7 Å². The zero-order valence-electron chi connectivity index (χ0n) is 20.3. The van der Waals surface area contributed by atoms with Gasteiger partial charge in [-0.1, -0.05) is 37.4 Å². The second-order valence-corrected chi connectivity index (χ2v) is 9.78. The van der Waals surface area contributed by atoms with Crippen molar-refractivity contribution in [2.45, 2.75) is 52.5 Å². The molecule has 182 valence electrons. The van der Waals surface area contributed by atoms with Crippen LogP contribution in [-0.4, -0.2) is 51.3 Å². The molecule has 3 heterocycles. The minimum absolute atomic E-state index is 0.0494. The number of anilines is 2. The first-order chi connectivity index (χ1) is 16.5. The second kappa shape index (κ2) is 10.9. The molecular formula is C25H33ClN6OS. The topological polar surface area (TPSA) is 65.8 Å². The predicted octanol–water partition coefficient (Wildman–Crippen LogP) is 5.98. The SMILES string of the molecule is CCCN(C(=O)c1cc(Cl)ccc1NSC)[C@@H](CC)c1cc2nc(N3CCCC3)c(C)cn2n1. The van der Waals surface area contributed by atoms with Gasteiger partial charge in [-0.25, -0.2) is 9.50 Å². The Labute approximate surface area is 211 Å². The van der Waals surface area contributed by atoms with Crippen molar-refractivity contribution in [1.29, 1.82) is 0 Å². The summed E-state index contributed by atoms with van der Waals surface area (Å²) in [4.78, 5) is 23.0. The van der Waals surface area contributed by atoms with E-state index in [1.165, 1.54) is 24.8 Å². The Morgan fingerprint density at radius 2 is 2.03 bits per heavy atom. The van der Waals surface area contributed by atoms with Crippen molar-refractivity contribution in [3.8, 4) is 0 Å². The van der Waals surface area contributed by atoms with Crippen LogP contribution in [0, 0.1) is 6.92 Å². The summed E-state index contributed by atoms with van der Waals surface area (Å²) in [5.74, 6) is 0.990. The van der Waals surface area contributed by atoms with Crippen LogP contribution in [0.25, 0.3) is 5.65 Å². The minimum Gasteiger partial charge on any atom is -0.356 e. The van der Waals surface area contributed by atoms with Gasteiger partial charge in [0.2, 0.25) is 0 Å². The van der Waals surface area contributed by atoms with Crippen LogP contribution in [0.5, 0.6) is 0 Å². The quantitative estimate of drug-likeness (QED) is 0.364. The number of aromatic nitrogens is 3. The maximum absolute atomic E-state index is 13.8.